The van der Waals surface area contributed by atoms with E-state index in [0.717, 1.165) is 30.7 Å². The Bertz CT molecular complexity index is 730. The van der Waals surface area contributed by atoms with Crippen molar-refractivity contribution >= 4 is 11.8 Å². The Labute approximate surface area is 153 Å². The van der Waals surface area contributed by atoms with E-state index in [1.807, 2.05) is 0 Å². The summed E-state index contributed by atoms with van der Waals surface area (Å²) in [4.78, 5) is 27.8. The van der Waals surface area contributed by atoms with E-state index in [0.29, 0.717) is 47.9 Å². The van der Waals surface area contributed by atoms with E-state index in [1.165, 1.54) is 31.9 Å². The van der Waals surface area contributed by atoms with E-state index in [-0.39, 0.29) is 5.91 Å². The standard InChI is InChI=1S/C21H26N2O3/c24-20(17-5-2-6-26-17)22-9-15-11-3-1-4-16(15)23(10-11)21(25)18-12-7-13-14(8-12)19(13)18/h2,5-6,11-16,18-19H,1,3-4,7-10H2,(H,22,24). The van der Waals surface area contributed by atoms with Crippen LogP contribution in [-0.4, -0.2) is 35.8 Å². The van der Waals surface area contributed by atoms with Crippen molar-refractivity contribution in [3.63, 3.8) is 0 Å². The smallest absolute Gasteiger partial charge is 0.286 e. The first-order valence-corrected chi connectivity index (χ1v) is 10.3. The van der Waals surface area contributed by atoms with Gasteiger partial charge in [0.25, 0.3) is 5.91 Å². The van der Waals surface area contributed by atoms with E-state index in [2.05, 4.69) is 10.2 Å². The summed E-state index contributed by atoms with van der Waals surface area (Å²) in [6.45, 7) is 1.57. The maximum atomic E-state index is 13.4. The summed E-state index contributed by atoms with van der Waals surface area (Å²) in [5.41, 5.74) is 0. The summed E-state index contributed by atoms with van der Waals surface area (Å²) in [5, 5.41) is 3.05. The molecule has 2 heterocycles. The van der Waals surface area contributed by atoms with Crippen LogP contribution in [0.25, 0.3) is 0 Å². The number of nitrogens with one attached hydrogen (secondary N) is 1. The average Bonchev–Trinajstić information content (AvgIpc) is 3.25. The number of carbonyl (C=O) groups excluding carboxylic acids is 2. The molecule has 1 aromatic heterocycles. The van der Waals surface area contributed by atoms with Gasteiger partial charge in [-0.25, -0.2) is 0 Å². The quantitative estimate of drug-likeness (QED) is 0.904. The van der Waals surface area contributed by atoms with Crippen LogP contribution >= 0.6 is 0 Å². The van der Waals surface area contributed by atoms with E-state index in [9.17, 15) is 9.59 Å². The largest absolute Gasteiger partial charge is 0.459 e. The minimum atomic E-state index is -0.143. The fraction of sp³-hybridized carbons (Fsp3) is 0.714. The average molecular weight is 354 g/mol. The number of nitrogens with zero attached hydrogens (tertiary/aromatic N) is 1. The third-order valence-corrected chi connectivity index (χ3v) is 8.29. The van der Waals surface area contributed by atoms with Crippen molar-refractivity contribution in [1.29, 1.82) is 0 Å². The second-order valence-corrected chi connectivity index (χ2v) is 9.26. The number of hydrogen-bond donors (Lipinski definition) is 1. The third kappa shape index (κ3) is 2.03. The summed E-state index contributed by atoms with van der Waals surface area (Å²) < 4.78 is 5.19. The van der Waals surface area contributed by atoms with Gasteiger partial charge >= 0.3 is 0 Å². The molecule has 1 N–H and O–H groups in total. The molecular formula is C21H26N2O3. The lowest BCUT2D eigenvalue weighted by Crippen LogP contribution is -2.45. The van der Waals surface area contributed by atoms with Gasteiger partial charge in [-0.1, -0.05) is 6.42 Å². The second-order valence-electron chi connectivity index (χ2n) is 9.26. The van der Waals surface area contributed by atoms with E-state index in [4.69, 9.17) is 4.42 Å². The zero-order valence-electron chi connectivity index (χ0n) is 15.0. The molecule has 1 saturated heterocycles. The molecule has 5 aliphatic carbocycles. The topological polar surface area (TPSA) is 62.6 Å². The second kappa shape index (κ2) is 5.37. The molecule has 26 heavy (non-hydrogen) atoms. The van der Waals surface area contributed by atoms with Gasteiger partial charge in [0.1, 0.15) is 0 Å². The normalized spacial score (nSPS) is 44.4. The SMILES string of the molecule is O=C(NCC1C2CCCC1N(C(=O)C1C3CC4C(C3)C41)C2)c1ccco1. The van der Waals surface area contributed by atoms with E-state index in [1.54, 1.807) is 12.1 Å². The van der Waals surface area contributed by atoms with Gasteiger partial charge in [0.05, 0.1) is 6.26 Å². The summed E-state index contributed by atoms with van der Waals surface area (Å²) in [5.74, 6) is 5.15. The molecule has 5 nitrogen and oxygen atoms in total. The Balaban J connectivity index is 1.15. The Morgan fingerprint density at radius 2 is 2.04 bits per heavy atom. The Hall–Kier alpha value is -1.78. The Morgan fingerprint density at radius 3 is 2.73 bits per heavy atom. The van der Waals surface area contributed by atoms with Crippen molar-refractivity contribution < 1.29 is 14.0 Å². The zero-order valence-corrected chi connectivity index (χ0v) is 15.0. The van der Waals surface area contributed by atoms with E-state index < -0.39 is 0 Å². The molecule has 0 aromatic carbocycles. The molecule has 6 bridgehead atoms. The predicted octanol–water partition coefficient (Wildman–Crippen LogP) is 2.54. The molecule has 6 aliphatic rings. The molecule has 1 aliphatic heterocycles. The minimum absolute atomic E-state index is 0.143. The molecule has 0 radical (unpaired) electrons. The van der Waals surface area contributed by atoms with Crippen molar-refractivity contribution in [3.8, 4) is 0 Å². The lowest BCUT2D eigenvalue weighted by molar-refractivity contribution is -0.138. The van der Waals surface area contributed by atoms with Gasteiger partial charge in [0, 0.05) is 31.0 Å². The van der Waals surface area contributed by atoms with E-state index >= 15 is 0 Å². The number of rotatable bonds is 4. The monoisotopic (exact) mass is 354 g/mol. The van der Waals surface area contributed by atoms with Crippen LogP contribution in [0.15, 0.2) is 22.8 Å². The van der Waals surface area contributed by atoms with Crippen LogP contribution in [-0.2, 0) is 4.79 Å². The maximum Gasteiger partial charge on any atom is 0.286 e. The molecule has 6 atom stereocenters. The van der Waals surface area contributed by atoms with Gasteiger partial charge in [-0.3, -0.25) is 9.59 Å². The van der Waals surface area contributed by atoms with Crippen LogP contribution in [0.4, 0.5) is 0 Å². The first-order chi connectivity index (χ1) is 12.7. The molecule has 7 rings (SSSR count). The minimum Gasteiger partial charge on any atom is -0.459 e. The first kappa shape index (κ1) is 15.3. The summed E-state index contributed by atoms with van der Waals surface area (Å²) >= 11 is 0. The van der Waals surface area contributed by atoms with Crippen LogP contribution in [0, 0.1) is 41.4 Å². The van der Waals surface area contributed by atoms with Crippen LogP contribution in [0.2, 0.25) is 0 Å². The lowest BCUT2D eigenvalue weighted by Gasteiger charge is -2.33. The molecule has 1 aromatic rings. The highest BCUT2D eigenvalue weighted by atomic mass is 16.3. The van der Waals surface area contributed by atoms with Crippen LogP contribution in [0.3, 0.4) is 0 Å². The molecule has 0 spiro atoms. The molecule has 6 unspecified atom stereocenters. The molecule has 138 valence electrons. The zero-order chi connectivity index (χ0) is 17.4. The molecule has 5 heteroatoms. The van der Waals surface area contributed by atoms with Crippen molar-refractivity contribution in [3.05, 3.63) is 24.2 Å². The molecule has 6 fully saturated rings. The van der Waals surface area contributed by atoms with Crippen molar-refractivity contribution in [2.45, 2.75) is 38.1 Å². The number of fused-ring (bicyclic) bond motifs is 2. The summed E-state index contributed by atoms with van der Waals surface area (Å²) in [7, 11) is 0. The van der Waals surface area contributed by atoms with Crippen LogP contribution < -0.4 is 5.32 Å². The van der Waals surface area contributed by atoms with Gasteiger partial charge < -0.3 is 14.6 Å². The highest BCUT2D eigenvalue weighted by molar-refractivity contribution is 5.91. The molecule has 5 saturated carbocycles. The number of hydrogen-bond acceptors (Lipinski definition) is 3. The predicted molar refractivity (Wildman–Crippen MR) is 94.1 cm³/mol. The number of likely N-dealkylation sites (tertiary alicyclic amines) is 1. The van der Waals surface area contributed by atoms with Gasteiger partial charge in [-0.05, 0) is 67.4 Å². The van der Waals surface area contributed by atoms with Gasteiger partial charge in [-0.15, -0.1) is 0 Å². The van der Waals surface area contributed by atoms with Crippen molar-refractivity contribution in [2.24, 2.45) is 41.4 Å². The Morgan fingerprint density at radius 1 is 1.19 bits per heavy atom. The van der Waals surface area contributed by atoms with Crippen LogP contribution in [0.5, 0.6) is 0 Å². The van der Waals surface area contributed by atoms with Gasteiger partial charge in [-0.2, -0.15) is 0 Å². The maximum absolute atomic E-state index is 13.4. The highest BCUT2D eigenvalue weighted by Gasteiger charge is 2.71. The molecular weight excluding hydrogens is 328 g/mol. The summed E-state index contributed by atoms with van der Waals surface area (Å²) in [6.07, 6.45) is 7.65. The number of amides is 2. The highest BCUT2D eigenvalue weighted by Crippen LogP contribution is 2.73. The van der Waals surface area contributed by atoms with Crippen molar-refractivity contribution in [2.75, 3.05) is 13.1 Å². The van der Waals surface area contributed by atoms with Gasteiger partial charge in [0.15, 0.2) is 5.76 Å². The number of carbonyl (C=O) groups is 2. The summed E-state index contributed by atoms with van der Waals surface area (Å²) in [6, 6.07) is 3.75. The van der Waals surface area contributed by atoms with Gasteiger partial charge in [0.2, 0.25) is 5.91 Å². The number of furan rings is 1. The third-order valence-electron chi connectivity index (χ3n) is 8.29. The molecule has 2 amide bonds. The van der Waals surface area contributed by atoms with Crippen molar-refractivity contribution in [1.82, 2.24) is 10.2 Å². The fourth-order valence-corrected chi connectivity index (χ4v) is 7.23. The van der Waals surface area contributed by atoms with Crippen LogP contribution in [0.1, 0.15) is 42.7 Å². The first-order valence-electron chi connectivity index (χ1n) is 10.3. The Kier molecular flexibility index (Phi) is 3.16. The fourth-order valence-electron chi connectivity index (χ4n) is 7.23. The lowest BCUT2D eigenvalue weighted by atomic mass is 9.79.